The van der Waals surface area contributed by atoms with Gasteiger partial charge in [-0.3, -0.25) is 9.79 Å². The minimum Gasteiger partial charge on any atom is -0.486 e. The number of fused-ring (bicyclic) bond motifs is 1. The van der Waals surface area contributed by atoms with Crippen molar-refractivity contribution in [3.63, 3.8) is 0 Å². The molecule has 3 aliphatic rings. The highest BCUT2D eigenvalue weighted by Gasteiger charge is 2.25. The van der Waals surface area contributed by atoms with Gasteiger partial charge < -0.3 is 14.8 Å². The van der Waals surface area contributed by atoms with Crippen molar-refractivity contribution < 1.29 is 14.3 Å². The summed E-state index contributed by atoms with van der Waals surface area (Å²) in [5, 5.41) is 3.59. The molecule has 0 spiro atoms. The van der Waals surface area contributed by atoms with E-state index < -0.39 is 0 Å². The van der Waals surface area contributed by atoms with Crippen LogP contribution in [-0.2, 0) is 4.79 Å². The molecule has 1 aromatic carbocycles. The highest BCUT2D eigenvalue weighted by Crippen LogP contribution is 2.33. The molecule has 1 aromatic rings. The molecule has 2 fully saturated rings. The maximum atomic E-state index is 12.1. The monoisotopic (exact) mass is 366 g/mol. The number of nitrogens with zero attached hydrogens (tertiary/aromatic N) is 1. The molecular formula is C17H19ClN2O3S. The summed E-state index contributed by atoms with van der Waals surface area (Å²) in [6.07, 6.45) is 6.59. The van der Waals surface area contributed by atoms with Crippen LogP contribution in [0.5, 0.6) is 11.5 Å². The fraction of sp³-hybridized carbons (Fsp3) is 0.412. The zero-order valence-corrected chi connectivity index (χ0v) is 14.8. The molecule has 0 bridgehead atoms. The van der Waals surface area contributed by atoms with Crippen LogP contribution in [0.4, 0.5) is 0 Å². The predicted molar refractivity (Wildman–Crippen MR) is 98.1 cm³/mol. The van der Waals surface area contributed by atoms with Crippen LogP contribution in [0.25, 0.3) is 6.08 Å². The molecule has 7 heteroatoms. The van der Waals surface area contributed by atoms with Gasteiger partial charge in [-0.05, 0) is 48.4 Å². The number of benzene rings is 1. The Labute approximate surface area is 151 Å². The van der Waals surface area contributed by atoms with Gasteiger partial charge in [-0.1, -0.05) is 18.9 Å². The van der Waals surface area contributed by atoms with Crippen LogP contribution < -0.4 is 14.8 Å². The van der Waals surface area contributed by atoms with E-state index in [1.165, 1.54) is 24.6 Å². The van der Waals surface area contributed by atoms with Crippen molar-refractivity contribution in [2.75, 3.05) is 13.2 Å². The van der Waals surface area contributed by atoms with E-state index in [0.717, 1.165) is 35.1 Å². The van der Waals surface area contributed by atoms with Gasteiger partial charge in [-0.15, -0.1) is 12.4 Å². The minimum absolute atomic E-state index is 0. The van der Waals surface area contributed by atoms with Crippen molar-refractivity contribution in [3.05, 3.63) is 28.7 Å². The van der Waals surface area contributed by atoms with E-state index in [-0.39, 0.29) is 18.3 Å². The van der Waals surface area contributed by atoms with Gasteiger partial charge >= 0.3 is 0 Å². The first-order valence-corrected chi connectivity index (χ1v) is 8.78. The number of carbonyl (C=O) groups excluding carboxylic acids is 1. The lowest BCUT2D eigenvalue weighted by molar-refractivity contribution is -0.115. The second-order valence-corrected chi connectivity index (χ2v) is 6.87. The number of aliphatic imine (C=N–C) groups is 1. The average Bonchev–Trinajstić information content (AvgIpc) is 3.18. The third-order valence-corrected chi connectivity index (χ3v) is 5.06. The first kappa shape index (κ1) is 17.2. The molecule has 0 atom stereocenters. The van der Waals surface area contributed by atoms with Gasteiger partial charge in [0.2, 0.25) is 0 Å². The fourth-order valence-corrected chi connectivity index (χ4v) is 3.88. The molecule has 4 rings (SSSR count). The zero-order valence-electron chi connectivity index (χ0n) is 13.1. The number of carbonyl (C=O) groups is 1. The van der Waals surface area contributed by atoms with E-state index in [4.69, 9.17) is 9.47 Å². The fourth-order valence-electron chi connectivity index (χ4n) is 2.99. The first-order valence-electron chi connectivity index (χ1n) is 7.96. The molecular weight excluding hydrogens is 348 g/mol. The maximum absolute atomic E-state index is 12.1. The highest BCUT2D eigenvalue weighted by atomic mass is 35.5. The van der Waals surface area contributed by atoms with Gasteiger partial charge in [0.25, 0.3) is 5.91 Å². The number of amides is 1. The molecule has 1 aliphatic carbocycles. The van der Waals surface area contributed by atoms with Gasteiger partial charge in [0.05, 0.1) is 10.9 Å². The molecule has 2 heterocycles. The molecule has 2 aliphatic heterocycles. The Morgan fingerprint density at radius 1 is 1.17 bits per heavy atom. The highest BCUT2D eigenvalue weighted by molar-refractivity contribution is 8.18. The quantitative estimate of drug-likeness (QED) is 0.815. The molecule has 24 heavy (non-hydrogen) atoms. The summed E-state index contributed by atoms with van der Waals surface area (Å²) < 4.78 is 11.1. The third-order valence-electron chi connectivity index (χ3n) is 4.14. The van der Waals surface area contributed by atoms with E-state index in [0.29, 0.717) is 24.2 Å². The van der Waals surface area contributed by atoms with Crippen LogP contribution in [0.1, 0.15) is 31.2 Å². The second kappa shape index (κ2) is 7.49. The summed E-state index contributed by atoms with van der Waals surface area (Å²) in [6, 6.07) is 6.08. The topological polar surface area (TPSA) is 59.9 Å². The normalized spacial score (nSPS) is 23.4. The Bertz CT molecular complexity index is 699. The van der Waals surface area contributed by atoms with Gasteiger partial charge in [-0.2, -0.15) is 0 Å². The van der Waals surface area contributed by atoms with Gasteiger partial charge in [-0.25, -0.2) is 0 Å². The molecule has 1 N–H and O–H groups in total. The van der Waals surface area contributed by atoms with Gasteiger partial charge in [0.15, 0.2) is 16.7 Å². The van der Waals surface area contributed by atoms with Crippen molar-refractivity contribution in [1.29, 1.82) is 0 Å². The number of nitrogens with one attached hydrogen (secondary N) is 1. The Balaban J connectivity index is 0.00000169. The number of rotatable bonds is 2. The lowest BCUT2D eigenvalue weighted by Crippen LogP contribution is -2.21. The minimum atomic E-state index is -0.0818. The molecule has 0 unspecified atom stereocenters. The Kier molecular flexibility index (Phi) is 5.36. The number of thioether (sulfide) groups is 1. The van der Waals surface area contributed by atoms with Crippen LogP contribution in [0.15, 0.2) is 28.1 Å². The number of hydrogen-bond donors (Lipinski definition) is 1. The lowest BCUT2D eigenvalue weighted by atomic mass is 10.2. The summed E-state index contributed by atoms with van der Waals surface area (Å²) in [5.74, 6) is 1.40. The van der Waals surface area contributed by atoms with Crippen molar-refractivity contribution in [2.24, 2.45) is 4.99 Å². The van der Waals surface area contributed by atoms with E-state index in [2.05, 4.69) is 10.3 Å². The number of hydrogen-bond acceptors (Lipinski definition) is 5. The molecule has 128 valence electrons. The van der Waals surface area contributed by atoms with Crippen LogP contribution in [-0.4, -0.2) is 30.3 Å². The van der Waals surface area contributed by atoms with Crippen LogP contribution in [0, 0.1) is 0 Å². The molecule has 0 aromatic heterocycles. The lowest BCUT2D eigenvalue weighted by Gasteiger charge is -2.18. The van der Waals surface area contributed by atoms with Crippen molar-refractivity contribution in [1.82, 2.24) is 5.32 Å². The summed E-state index contributed by atoms with van der Waals surface area (Å²) in [7, 11) is 0. The van der Waals surface area contributed by atoms with E-state index >= 15 is 0 Å². The van der Waals surface area contributed by atoms with Gasteiger partial charge in [0, 0.05) is 0 Å². The summed E-state index contributed by atoms with van der Waals surface area (Å²) in [5.41, 5.74) is 0.925. The van der Waals surface area contributed by atoms with Crippen molar-refractivity contribution in [2.45, 2.75) is 31.7 Å². The predicted octanol–water partition coefficient (Wildman–Crippen LogP) is 3.38. The first-order chi connectivity index (χ1) is 11.3. The van der Waals surface area contributed by atoms with E-state index in [9.17, 15) is 4.79 Å². The second-order valence-electron chi connectivity index (χ2n) is 5.84. The van der Waals surface area contributed by atoms with Crippen molar-refractivity contribution in [3.8, 4) is 11.5 Å². The molecule has 1 saturated heterocycles. The van der Waals surface area contributed by atoms with Crippen molar-refractivity contribution >= 4 is 41.3 Å². The molecule has 5 nitrogen and oxygen atoms in total. The van der Waals surface area contributed by atoms with Crippen LogP contribution in [0.3, 0.4) is 0 Å². The summed E-state index contributed by atoms with van der Waals surface area (Å²) in [4.78, 5) is 17.4. The number of halogens is 1. The number of amidine groups is 1. The molecule has 1 amide bonds. The third kappa shape index (κ3) is 3.70. The zero-order chi connectivity index (χ0) is 15.6. The van der Waals surface area contributed by atoms with Gasteiger partial charge in [0.1, 0.15) is 13.2 Å². The summed E-state index contributed by atoms with van der Waals surface area (Å²) >= 11 is 1.42. The smallest absolute Gasteiger partial charge is 0.264 e. The summed E-state index contributed by atoms with van der Waals surface area (Å²) in [6.45, 7) is 1.13. The largest absolute Gasteiger partial charge is 0.486 e. The standard InChI is InChI=1S/C17H18N2O3S.ClH/c20-16-15(23-17(19-16)18-12-3-1-2-4-12)10-11-5-6-13-14(9-11)22-8-7-21-13;/h5-6,9-10,12H,1-4,7-8H2,(H,18,19,20);1H/b15-10-;. The van der Waals surface area contributed by atoms with Crippen LogP contribution in [0.2, 0.25) is 0 Å². The Morgan fingerprint density at radius 3 is 2.71 bits per heavy atom. The maximum Gasteiger partial charge on any atom is 0.264 e. The Morgan fingerprint density at radius 2 is 1.92 bits per heavy atom. The number of ether oxygens (including phenoxy) is 2. The van der Waals surface area contributed by atoms with Crippen LogP contribution >= 0.6 is 24.2 Å². The average molecular weight is 367 g/mol. The molecule has 0 radical (unpaired) electrons. The van der Waals surface area contributed by atoms with E-state index in [1.807, 2.05) is 24.3 Å². The Hall–Kier alpha value is -1.66. The van der Waals surface area contributed by atoms with E-state index in [1.54, 1.807) is 0 Å². The molecule has 1 saturated carbocycles. The SMILES string of the molecule is Cl.O=C1NC(=NC2CCCC2)S/C1=C\c1ccc2c(c1)OCCO2.